The number of Topliss-reactive ketones (excluding diaryl/α,β-unsaturated/α-hetero) is 1. The molecule has 2 heterocycles. The van der Waals surface area contributed by atoms with E-state index in [9.17, 15) is 19.1 Å². The van der Waals surface area contributed by atoms with Gasteiger partial charge in [0.2, 0.25) is 0 Å². The highest BCUT2D eigenvalue weighted by Gasteiger charge is 2.47. The number of rotatable bonds is 6. The SMILES string of the molecule is COc1ccccc1/C(O)=C1/C(=O)C(=O)N(CCc2ccc(F)cc2)C1c1ccc(C)o1. The molecule has 1 N–H and O–H groups in total. The largest absolute Gasteiger partial charge is 0.507 e. The lowest BCUT2D eigenvalue weighted by Crippen LogP contribution is -2.31. The molecule has 0 aliphatic carbocycles. The highest BCUT2D eigenvalue weighted by atomic mass is 19.1. The van der Waals surface area contributed by atoms with Crippen molar-refractivity contribution in [3.05, 3.63) is 94.7 Å². The fourth-order valence-electron chi connectivity index (χ4n) is 3.89. The number of ketones is 1. The number of aliphatic hydroxyl groups is 1. The summed E-state index contributed by atoms with van der Waals surface area (Å²) in [7, 11) is 1.46. The lowest BCUT2D eigenvalue weighted by Gasteiger charge is -2.23. The van der Waals surface area contributed by atoms with Crippen LogP contribution < -0.4 is 4.74 Å². The molecule has 2 aromatic carbocycles. The normalized spacial score (nSPS) is 17.7. The number of hydrogen-bond donors (Lipinski definition) is 1. The van der Waals surface area contributed by atoms with Crippen molar-refractivity contribution in [1.29, 1.82) is 0 Å². The van der Waals surface area contributed by atoms with Gasteiger partial charge in [0.1, 0.15) is 34.9 Å². The predicted molar refractivity (Wildman–Crippen MR) is 116 cm³/mol. The number of halogens is 1. The number of hydrogen-bond acceptors (Lipinski definition) is 5. The van der Waals surface area contributed by atoms with E-state index in [2.05, 4.69) is 0 Å². The first-order valence-corrected chi connectivity index (χ1v) is 10.1. The summed E-state index contributed by atoms with van der Waals surface area (Å²) in [5, 5.41) is 11.1. The number of para-hydroxylation sites is 1. The molecule has 1 aliphatic heterocycles. The molecule has 4 rings (SSSR count). The number of aryl methyl sites for hydroxylation is 1. The van der Waals surface area contributed by atoms with Crippen LogP contribution >= 0.6 is 0 Å². The summed E-state index contributed by atoms with van der Waals surface area (Å²) in [5.41, 5.74) is 1.06. The first kappa shape index (κ1) is 21.4. The molecule has 1 amide bonds. The van der Waals surface area contributed by atoms with E-state index in [0.29, 0.717) is 29.3 Å². The lowest BCUT2D eigenvalue weighted by atomic mass is 9.98. The van der Waals surface area contributed by atoms with E-state index in [0.717, 1.165) is 5.56 Å². The average molecular weight is 435 g/mol. The minimum atomic E-state index is -0.894. The molecule has 7 heteroatoms. The van der Waals surface area contributed by atoms with Crippen LogP contribution in [0.15, 0.2) is 70.7 Å². The zero-order valence-corrected chi connectivity index (χ0v) is 17.7. The van der Waals surface area contributed by atoms with Gasteiger partial charge in [0, 0.05) is 6.54 Å². The number of benzene rings is 2. The van der Waals surface area contributed by atoms with Crippen molar-refractivity contribution in [3.8, 4) is 5.75 Å². The van der Waals surface area contributed by atoms with Gasteiger partial charge < -0.3 is 19.2 Å². The summed E-state index contributed by atoms with van der Waals surface area (Å²) in [6, 6.07) is 15.2. The van der Waals surface area contributed by atoms with Crippen molar-refractivity contribution in [2.75, 3.05) is 13.7 Å². The van der Waals surface area contributed by atoms with Gasteiger partial charge in [0.05, 0.1) is 18.2 Å². The summed E-state index contributed by atoms with van der Waals surface area (Å²) in [6.45, 7) is 1.94. The van der Waals surface area contributed by atoms with Crippen LogP contribution in [0.2, 0.25) is 0 Å². The van der Waals surface area contributed by atoms with Gasteiger partial charge in [0.25, 0.3) is 11.7 Å². The van der Waals surface area contributed by atoms with E-state index in [-0.39, 0.29) is 23.7 Å². The van der Waals surface area contributed by atoms with Crippen LogP contribution in [0.1, 0.15) is 28.7 Å². The van der Waals surface area contributed by atoms with Gasteiger partial charge in [-0.1, -0.05) is 24.3 Å². The second-order valence-corrected chi connectivity index (χ2v) is 7.52. The van der Waals surface area contributed by atoms with Crippen LogP contribution in [0.4, 0.5) is 4.39 Å². The van der Waals surface area contributed by atoms with E-state index < -0.39 is 17.7 Å². The van der Waals surface area contributed by atoms with Crippen molar-refractivity contribution >= 4 is 17.4 Å². The van der Waals surface area contributed by atoms with Crippen LogP contribution in [0, 0.1) is 12.7 Å². The number of aliphatic hydroxyl groups excluding tert-OH is 1. The zero-order chi connectivity index (χ0) is 22.8. The molecule has 1 fully saturated rings. The number of furan rings is 1. The summed E-state index contributed by atoms with van der Waals surface area (Å²) in [5.74, 6) is -0.856. The number of carbonyl (C=O) groups excluding carboxylic acids is 2. The molecule has 164 valence electrons. The third-order valence-corrected chi connectivity index (χ3v) is 5.49. The van der Waals surface area contributed by atoms with E-state index in [1.54, 1.807) is 55.5 Å². The Bertz CT molecular complexity index is 1200. The Labute approximate surface area is 184 Å². The summed E-state index contributed by atoms with van der Waals surface area (Å²) < 4.78 is 24.3. The van der Waals surface area contributed by atoms with E-state index in [1.165, 1.54) is 24.1 Å². The zero-order valence-electron chi connectivity index (χ0n) is 17.7. The highest BCUT2D eigenvalue weighted by molar-refractivity contribution is 6.46. The van der Waals surface area contributed by atoms with Crippen molar-refractivity contribution < 1.29 is 28.2 Å². The third-order valence-electron chi connectivity index (χ3n) is 5.49. The third kappa shape index (κ3) is 3.89. The minimum Gasteiger partial charge on any atom is -0.507 e. The number of nitrogens with zero attached hydrogens (tertiary/aromatic N) is 1. The Kier molecular flexibility index (Phi) is 5.81. The fourth-order valence-corrected chi connectivity index (χ4v) is 3.89. The quantitative estimate of drug-likeness (QED) is 0.353. The maximum absolute atomic E-state index is 13.2. The first-order valence-electron chi connectivity index (χ1n) is 10.1. The molecular formula is C25H22FNO5. The van der Waals surface area contributed by atoms with E-state index in [4.69, 9.17) is 9.15 Å². The fraction of sp³-hybridized carbons (Fsp3) is 0.200. The molecule has 1 aliphatic rings. The summed E-state index contributed by atoms with van der Waals surface area (Å²) in [4.78, 5) is 27.4. The maximum atomic E-state index is 13.2. The summed E-state index contributed by atoms with van der Waals surface area (Å²) in [6.07, 6.45) is 0.401. The van der Waals surface area contributed by atoms with Crippen LogP contribution in [0.5, 0.6) is 5.75 Å². The topological polar surface area (TPSA) is 80.0 Å². The van der Waals surface area contributed by atoms with Crippen LogP contribution in [-0.2, 0) is 16.0 Å². The predicted octanol–water partition coefficient (Wildman–Crippen LogP) is 4.40. The summed E-state index contributed by atoms with van der Waals surface area (Å²) >= 11 is 0. The standard InChI is InChI=1S/C25H22FNO5/c1-15-7-12-20(32-15)22-21(23(28)18-5-3-4-6-19(18)31-2)24(29)25(30)27(22)14-13-16-8-10-17(26)11-9-16/h3-12,22,28H,13-14H2,1-2H3/b23-21-. The molecule has 0 saturated carbocycles. The Morgan fingerprint density at radius 3 is 2.47 bits per heavy atom. The highest BCUT2D eigenvalue weighted by Crippen LogP contribution is 2.41. The Morgan fingerprint density at radius 2 is 1.81 bits per heavy atom. The van der Waals surface area contributed by atoms with Gasteiger partial charge in [0.15, 0.2) is 0 Å². The Hall–Kier alpha value is -3.87. The molecule has 1 atom stereocenters. The Balaban J connectivity index is 1.78. The molecule has 3 aromatic rings. The average Bonchev–Trinajstić information content (AvgIpc) is 3.34. The molecule has 32 heavy (non-hydrogen) atoms. The number of carbonyl (C=O) groups is 2. The van der Waals surface area contributed by atoms with Crippen LogP contribution in [0.3, 0.4) is 0 Å². The van der Waals surface area contributed by atoms with Gasteiger partial charge in [-0.2, -0.15) is 0 Å². The second-order valence-electron chi connectivity index (χ2n) is 7.52. The molecular weight excluding hydrogens is 413 g/mol. The van der Waals surface area contributed by atoms with E-state index >= 15 is 0 Å². The number of amides is 1. The molecule has 1 aromatic heterocycles. The number of ether oxygens (including phenoxy) is 1. The van der Waals surface area contributed by atoms with Gasteiger partial charge in [-0.05, 0) is 55.3 Å². The molecule has 0 radical (unpaired) electrons. The second kappa shape index (κ2) is 8.70. The minimum absolute atomic E-state index is 0.0621. The smallest absolute Gasteiger partial charge is 0.295 e. The van der Waals surface area contributed by atoms with Crippen molar-refractivity contribution in [1.82, 2.24) is 4.90 Å². The van der Waals surface area contributed by atoms with Crippen molar-refractivity contribution in [2.24, 2.45) is 0 Å². The molecule has 1 unspecified atom stereocenters. The monoisotopic (exact) mass is 435 g/mol. The van der Waals surface area contributed by atoms with Gasteiger partial charge in [-0.25, -0.2) is 4.39 Å². The number of methoxy groups -OCH3 is 1. The van der Waals surface area contributed by atoms with Crippen molar-refractivity contribution in [2.45, 2.75) is 19.4 Å². The molecule has 1 saturated heterocycles. The molecule has 0 spiro atoms. The van der Waals surface area contributed by atoms with Crippen LogP contribution in [-0.4, -0.2) is 35.4 Å². The first-order chi connectivity index (χ1) is 15.4. The molecule has 6 nitrogen and oxygen atoms in total. The lowest BCUT2D eigenvalue weighted by molar-refractivity contribution is -0.140. The van der Waals surface area contributed by atoms with Crippen molar-refractivity contribution in [3.63, 3.8) is 0 Å². The van der Waals surface area contributed by atoms with Gasteiger partial charge in [-0.3, -0.25) is 9.59 Å². The van der Waals surface area contributed by atoms with Crippen LogP contribution in [0.25, 0.3) is 5.76 Å². The molecule has 0 bridgehead atoms. The maximum Gasteiger partial charge on any atom is 0.295 e. The van der Waals surface area contributed by atoms with E-state index in [1.807, 2.05) is 0 Å². The number of likely N-dealkylation sites (tertiary alicyclic amines) is 1. The van der Waals surface area contributed by atoms with Gasteiger partial charge >= 0.3 is 0 Å². The van der Waals surface area contributed by atoms with Gasteiger partial charge in [-0.15, -0.1) is 0 Å². The Morgan fingerprint density at radius 1 is 1.09 bits per heavy atom.